The highest BCUT2D eigenvalue weighted by atomic mass is 19.3. The van der Waals surface area contributed by atoms with Gasteiger partial charge >= 0.3 is 0 Å². The molecule has 0 spiro atoms. The highest BCUT2D eigenvalue weighted by Crippen LogP contribution is 2.25. The van der Waals surface area contributed by atoms with Crippen LogP contribution in [-0.2, 0) is 0 Å². The van der Waals surface area contributed by atoms with Crippen LogP contribution in [0.5, 0.6) is 0 Å². The Kier molecular flexibility index (Phi) is 2.21. The van der Waals surface area contributed by atoms with Crippen molar-refractivity contribution in [3.8, 4) is 0 Å². The molecule has 0 amide bonds. The monoisotopic (exact) mass is 196 g/mol. The number of benzene rings is 1. The predicted molar refractivity (Wildman–Crippen MR) is 51.2 cm³/mol. The van der Waals surface area contributed by atoms with Crippen LogP contribution in [0, 0.1) is 0 Å². The normalized spacial score (nSPS) is 13.7. The Morgan fingerprint density at radius 1 is 1.21 bits per heavy atom. The predicted octanol–water partition coefficient (Wildman–Crippen LogP) is 2.43. The Hall–Kier alpha value is -1.42. The van der Waals surface area contributed by atoms with E-state index in [1.807, 2.05) is 6.07 Å². The molecule has 3 N–H and O–H groups in total. The maximum Gasteiger partial charge on any atom is 0.257 e. The SMILES string of the molecule is NC(c1cccc2[nH]ccc12)C(F)F. The van der Waals surface area contributed by atoms with Crippen LogP contribution in [0.2, 0.25) is 0 Å². The first-order valence-electron chi connectivity index (χ1n) is 4.30. The quantitative estimate of drug-likeness (QED) is 0.761. The first kappa shape index (κ1) is 9.15. The Labute approximate surface area is 79.7 Å². The summed E-state index contributed by atoms with van der Waals surface area (Å²) in [5.41, 5.74) is 6.72. The molecule has 1 aromatic carbocycles. The lowest BCUT2D eigenvalue weighted by Gasteiger charge is -2.11. The van der Waals surface area contributed by atoms with Crippen LogP contribution in [0.15, 0.2) is 30.5 Å². The van der Waals surface area contributed by atoms with Crippen LogP contribution < -0.4 is 5.73 Å². The molecular formula is C10H10F2N2. The van der Waals surface area contributed by atoms with E-state index < -0.39 is 12.5 Å². The van der Waals surface area contributed by atoms with Crippen LogP contribution in [0.3, 0.4) is 0 Å². The zero-order valence-electron chi connectivity index (χ0n) is 7.37. The van der Waals surface area contributed by atoms with E-state index in [0.29, 0.717) is 5.56 Å². The van der Waals surface area contributed by atoms with Gasteiger partial charge < -0.3 is 10.7 Å². The Bertz CT molecular complexity index is 436. The smallest absolute Gasteiger partial charge is 0.257 e. The number of halogens is 2. The third-order valence-electron chi connectivity index (χ3n) is 2.26. The highest BCUT2D eigenvalue weighted by molar-refractivity contribution is 5.83. The number of H-pyrrole nitrogens is 1. The molecule has 0 saturated heterocycles. The fourth-order valence-electron chi connectivity index (χ4n) is 1.54. The van der Waals surface area contributed by atoms with Gasteiger partial charge in [-0.05, 0) is 17.7 Å². The minimum Gasteiger partial charge on any atom is -0.361 e. The van der Waals surface area contributed by atoms with Crippen LogP contribution in [0.25, 0.3) is 10.9 Å². The summed E-state index contributed by atoms with van der Waals surface area (Å²) >= 11 is 0. The topological polar surface area (TPSA) is 41.8 Å². The van der Waals surface area contributed by atoms with Crippen LogP contribution >= 0.6 is 0 Å². The molecule has 74 valence electrons. The fraction of sp³-hybridized carbons (Fsp3) is 0.200. The average Bonchev–Trinajstić information content (AvgIpc) is 2.63. The molecule has 0 aliphatic rings. The molecule has 2 aromatic rings. The van der Waals surface area contributed by atoms with Crippen LogP contribution in [0.4, 0.5) is 8.78 Å². The number of nitrogens with one attached hydrogen (secondary N) is 1. The zero-order chi connectivity index (χ0) is 10.1. The second-order valence-corrected chi connectivity index (χ2v) is 3.15. The molecule has 1 atom stereocenters. The number of hydrogen-bond donors (Lipinski definition) is 2. The third kappa shape index (κ3) is 1.37. The Morgan fingerprint density at radius 2 is 2.00 bits per heavy atom. The van der Waals surface area contributed by atoms with Gasteiger partial charge in [-0.15, -0.1) is 0 Å². The van der Waals surface area contributed by atoms with Gasteiger partial charge in [-0.2, -0.15) is 0 Å². The van der Waals surface area contributed by atoms with Gasteiger partial charge in [0.2, 0.25) is 0 Å². The lowest BCUT2D eigenvalue weighted by Crippen LogP contribution is -2.18. The Morgan fingerprint density at radius 3 is 2.71 bits per heavy atom. The van der Waals surface area contributed by atoms with Gasteiger partial charge in [-0.3, -0.25) is 0 Å². The molecule has 2 nitrogen and oxygen atoms in total. The minimum atomic E-state index is -2.53. The van der Waals surface area contributed by atoms with E-state index in [0.717, 1.165) is 10.9 Å². The van der Waals surface area contributed by atoms with E-state index in [1.54, 1.807) is 24.4 Å². The van der Waals surface area contributed by atoms with Crippen molar-refractivity contribution >= 4 is 10.9 Å². The van der Waals surface area contributed by atoms with E-state index in [4.69, 9.17) is 5.73 Å². The minimum absolute atomic E-state index is 0.485. The highest BCUT2D eigenvalue weighted by Gasteiger charge is 2.19. The average molecular weight is 196 g/mol. The van der Waals surface area contributed by atoms with Crippen molar-refractivity contribution in [2.24, 2.45) is 5.73 Å². The van der Waals surface area contributed by atoms with E-state index in [9.17, 15) is 8.78 Å². The summed E-state index contributed by atoms with van der Waals surface area (Å²) in [6.45, 7) is 0. The molecule has 1 aromatic heterocycles. The number of hydrogen-bond acceptors (Lipinski definition) is 1. The molecule has 2 rings (SSSR count). The van der Waals surface area contributed by atoms with Gasteiger partial charge in [-0.1, -0.05) is 12.1 Å². The van der Waals surface area contributed by atoms with E-state index in [2.05, 4.69) is 4.98 Å². The lowest BCUT2D eigenvalue weighted by molar-refractivity contribution is 0.117. The summed E-state index contributed by atoms with van der Waals surface area (Å²) in [7, 11) is 0. The number of aromatic nitrogens is 1. The van der Waals surface area contributed by atoms with E-state index in [1.165, 1.54) is 0 Å². The van der Waals surface area contributed by atoms with Gasteiger partial charge in [0.15, 0.2) is 0 Å². The first-order valence-corrected chi connectivity index (χ1v) is 4.30. The van der Waals surface area contributed by atoms with Crippen LogP contribution in [0.1, 0.15) is 11.6 Å². The van der Waals surface area contributed by atoms with Gasteiger partial charge in [-0.25, -0.2) is 8.78 Å². The number of alkyl halides is 2. The van der Waals surface area contributed by atoms with Crippen molar-refractivity contribution in [3.05, 3.63) is 36.0 Å². The molecule has 0 fully saturated rings. The van der Waals surface area contributed by atoms with E-state index >= 15 is 0 Å². The van der Waals surface area contributed by atoms with Gasteiger partial charge in [0, 0.05) is 17.1 Å². The van der Waals surface area contributed by atoms with Crippen molar-refractivity contribution in [1.82, 2.24) is 4.98 Å². The Balaban J connectivity index is 2.56. The molecule has 14 heavy (non-hydrogen) atoms. The van der Waals surface area contributed by atoms with Crippen molar-refractivity contribution in [2.45, 2.75) is 12.5 Å². The maximum atomic E-state index is 12.4. The summed E-state index contributed by atoms with van der Waals surface area (Å²) in [6.07, 6.45) is -0.817. The number of rotatable bonds is 2. The molecule has 0 bridgehead atoms. The second kappa shape index (κ2) is 3.38. The van der Waals surface area contributed by atoms with E-state index in [-0.39, 0.29) is 0 Å². The summed E-state index contributed by atoms with van der Waals surface area (Å²) in [5, 5.41) is 0.764. The van der Waals surface area contributed by atoms with Gasteiger partial charge in [0.05, 0.1) is 6.04 Å². The largest absolute Gasteiger partial charge is 0.361 e. The summed E-state index contributed by atoms with van der Waals surface area (Å²) in [6, 6.07) is 5.72. The van der Waals surface area contributed by atoms with Crippen molar-refractivity contribution < 1.29 is 8.78 Å². The number of fused-ring (bicyclic) bond motifs is 1. The molecule has 0 radical (unpaired) electrons. The summed E-state index contributed by atoms with van der Waals surface area (Å²) < 4.78 is 24.8. The van der Waals surface area contributed by atoms with Crippen LogP contribution in [-0.4, -0.2) is 11.4 Å². The third-order valence-corrected chi connectivity index (χ3v) is 2.26. The molecule has 0 saturated carbocycles. The summed E-state index contributed by atoms with van der Waals surface area (Å²) in [4.78, 5) is 2.95. The molecular weight excluding hydrogens is 186 g/mol. The molecule has 1 unspecified atom stereocenters. The van der Waals surface area contributed by atoms with Crippen molar-refractivity contribution in [2.75, 3.05) is 0 Å². The summed E-state index contributed by atoms with van der Waals surface area (Å²) in [5.74, 6) is 0. The standard InChI is InChI=1S/C10H10F2N2/c11-10(12)9(13)7-2-1-3-8-6(7)4-5-14-8/h1-5,9-10,14H,13H2. The van der Waals surface area contributed by atoms with Crippen molar-refractivity contribution in [3.63, 3.8) is 0 Å². The van der Waals surface area contributed by atoms with Gasteiger partial charge in [0.1, 0.15) is 0 Å². The van der Waals surface area contributed by atoms with Crippen molar-refractivity contribution in [1.29, 1.82) is 0 Å². The second-order valence-electron chi connectivity index (χ2n) is 3.15. The zero-order valence-corrected chi connectivity index (χ0v) is 7.37. The fourth-order valence-corrected chi connectivity index (χ4v) is 1.54. The first-order chi connectivity index (χ1) is 6.70. The molecule has 1 heterocycles. The molecule has 0 aliphatic carbocycles. The number of nitrogens with two attached hydrogens (primary N) is 1. The molecule has 4 heteroatoms. The molecule has 0 aliphatic heterocycles. The maximum absolute atomic E-state index is 12.4. The lowest BCUT2D eigenvalue weighted by atomic mass is 10.0. The van der Waals surface area contributed by atoms with Gasteiger partial charge in [0.25, 0.3) is 6.43 Å². The number of aromatic amines is 1.